The number of rotatable bonds is 9. The molecule has 0 saturated carbocycles. The maximum atomic E-state index is 12.6. The second kappa shape index (κ2) is 11.9. The Balaban J connectivity index is 1.64. The van der Waals surface area contributed by atoms with Crippen molar-refractivity contribution in [1.29, 1.82) is 0 Å². The zero-order chi connectivity index (χ0) is 23.8. The molecule has 0 radical (unpaired) electrons. The average molecular weight is 453 g/mol. The number of anilines is 1. The summed E-state index contributed by atoms with van der Waals surface area (Å²) in [5.74, 6) is 1.60. The Kier molecular flexibility index (Phi) is 8.92. The van der Waals surface area contributed by atoms with E-state index in [1.54, 1.807) is 19.3 Å². The lowest BCUT2D eigenvalue weighted by Gasteiger charge is -2.35. The molecule has 0 spiro atoms. The van der Waals surface area contributed by atoms with E-state index in [1.165, 1.54) is 0 Å². The summed E-state index contributed by atoms with van der Waals surface area (Å²) in [7, 11) is 1.62. The number of nitrogens with zero attached hydrogens (tertiary/aromatic N) is 1. The van der Waals surface area contributed by atoms with Crippen LogP contribution in [-0.2, 0) is 16.1 Å². The number of hydrogen-bond donors (Lipinski definition) is 1. The number of carbonyl (C=O) groups is 1. The van der Waals surface area contributed by atoms with E-state index in [0.29, 0.717) is 24.0 Å². The number of methoxy groups -OCH3 is 1. The zero-order valence-corrected chi connectivity index (χ0v) is 20.3. The van der Waals surface area contributed by atoms with Crippen LogP contribution in [0, 0.1) is 5.92 Å². The van der Waals surface area contributed by atoms with Crippen LogP contribution in [0.2, 0.25) is 0 Å². The van der Waals surface area contributed by atoms with Crippen molar-refractivity contribution >= 4 is 17.7 Å². The molecule has 1 heterocycles. The highest BCUT2D eigenvalue weighted by Gasteiger charge is 2.22. The lowest BCUT2D eigenvalue weighted by Crippen LogP contribution is -2.44. The third-order valence-electron chi connectivity index (χ3n) is 5.35. The SMILES string of the molecule is COc1cc(/C=C/C(=O)Nc2ccccc2CN2CC(C)OC(C)C2)ccc1OCC(C)C. The highest BCUT2D eigenvalue weighted by molar-refractivity contribution is 6.02. The molecule has 178 valence electrons. The number of carbonyl (C=O) groups excluding carboxylic acids is 1. The molecule has 1 saturated heterocycles. The molecule has 33 heavy (non-hydrogen) atoms. The second-order valence-corrected chi connectivity index (χ2v) is 9.05. The second-order valence-electron chi connectivity index (χ2n) is 9.05. The van der Waals surface area contributed by atoms with Crippen LogP contribution in [0.3, 0.4) is 0 Å². The summed E-state index contributed by atoms with van der Waals surface area (Å²) < 4.78 is 17.1. The Morgan fingerprint density at radius 2 is 1.88 bits per heavy atom. The monoisotopic (exact) mass is 452 g/mol. The molecule has 0 bridgehead atoms. The Hall–Kier alpha value is -2.83. The molecule has 1 aliphatic heterocycles. The third kappa shape index (κ3) is 7.62. The molecular formula is C27H36N2O4. The Morgan fingerprint density at radius 3 is 2.58 bits per heavy atom. The minimum atomic E-state index is -0.176. The normalized spacial score (nSPS) is 19.1. The molecule has 2 aromatic rings. The van der Waals surface area contributed by atoms with Gasteiger partial charge in [-0.3, -0.25) is 9.69 Å². The first kappa shape index (κ1) is 24.8. The quantitative estimate of drug-likeness (QED) is 0.543. The van der Waals surface area contributed by atoms with Crippen LogP contribution in [0.1, 0.15) is 38.8 Å². The summed E-state index contributed by atoms with van der Waals surface area (Å²) >= 11 is 0. The number of hydrogen-bond acceptors (Lipinski definition) is 5. The predicted molar refractivity (Wildman–Crippen MR) is 133 cm³/mol. The number of ether oxygens (including phenoxy) is 3. The highest BCUT2D eigenvalue weighted by Crippen LogP contribution is 2.29. The first-order valence-electron chi connectivity index (χ1n) is 11.6. The van der Waals surface area contributed by atoms with Crippen LogP contribution in [-0.4, -0.2) is 49.8 Å². The molecule has 2 unspecified atom stereocenters. The van der Waals surface area contributed by atoms with Gasteiger partial charge in [0.15, 0.2) is 11.5 Å². The van der Waals surface area contributed by atoms with Crippen LogP contribution in [0.5, 0.6) is 11.5 Å². The van der Waals surface area contributed by atoms with Crippen molar-refractivity contribution in [1.82, 2.24) is 4.90 Å². The first-order chi connectivity index (χ1) is 15.8. The van der Waals surface area contributed by atoms with E-state index in [2.05, 4.69) is 44.0 Å². The fourth-order valence-corrected chi connectivity index (χ4v) is 3.94. The number of amides is 1. The standard InChI is InChI=1S/C27H36N2O4/c1-19(2)18-32-25-12-10-22(14-26(25)31-5)11-13-27(30)28-24-9-7-6-8-23(24)17-29-15-20(3)33-21(4)16-29/h6-14,19-21H,15-18H2,1-5H3,(H,28,30)/b13-11+. The van der Waals surface area contributed by atoms with Crippen molar-refractivity contribution in [2.45, 2.75) is 46.4 Å². The highest BCUT2D eigenvalue weighted by atomic mass is 16.5. The Labute approximate surface area is 197 Å². The smallest absolute Gasteiger partial charge is 0.248 e. The van der Waals surface area contributed by atoms with E-state index in [-0.39, 0.29) is 18.1 Å². The number of benzene rings is 2. The van der Waals surface area contributed by atoms with E-state index < -0.39 is 0 Å². The van der Waals surface area contributed by atoms with Gasteiger partial charge in [0.2, 0.25) is 5.91 Å². The third-order valence-corrected chi connectivity index (χ3v) is 5.35. The van der Waals surface area contributed by atoms with Crippen LogP contribution < -0.4 is 14.8 Å². The fraction of sp³-hybridized carbons (Fsp3) is 0.444. The summed E-state index contributed by atoms with van der Waals surface area (Å²) in [5, 5.41) is 3.03. The lowest BCUT2D eigenvalue weighted by atomic mass is 10.1. The average Bonchev–Trinajstić information content (AvgIpc) is 2.77. The van der Waals surface area contributed by atoms with E-state index in [1.807, 2.05) is 36.4 Å². The summed E-state index contributed by atoms with van der Waals surface area (Å²) in [4.78, 5) is 15.0. The van der Waals surface area contributed by atoms with Gasteiger partial charge in [0, 0.05) is 31.4 Å². The van der Waals surface area contributed by atoms with Crippen LogP contribution in [0.4, 0.5) is 5.69 Å². The van der Waals surface area contributed by atoms with Gasteiger partial charge in [-0.2, -0.15) is 0 Å². The van der Waals surface area contributed by atoms with Crippen molar-refractivity contribution in [2.75, 3.05) is 32.1 Å². The van der Waals surface area contributed by atoms with E-state index in [9.17, 15) is 4.79 Å². The molecule has 1 aliphatic rings. The lowest BCUT2D eigenvalue weighted by molar-refractivity contribution is -0.111. The van der Waals surface area contributed by atoms with Gasteiger partial charge >= 0.3 is 0 Å². The maximum Gasteiger partial charge on any atom is 0.248 e. The van der Waals surface area contributed by atoms with Gasteiger partial charge < -0.3 is 19.5 Å². The van der Waals surface area contributed by atoms with E-state index in [4.69, 9.17) is 14.2 Å². The molecule has 1 N–H and O–H groups in total. The topological polar surface area (TPSA) is 60.0 Å². The van der Waals surface area contributed by atoms with Gasteiger partial charge in [0.25, 0.3) is 0 Å². The summed E-state index contributed by atoms with van der Waals surface area (Å²) in [6, 6.07) is 13.6. The van der Waals surface area contributed by atoms with Gasteiger partial charge in [-0.25, -0.2) is 0 Å². The molecular weight excluding hydrogens is 416 g/mol. The van der Waals surface area contributed by atoms with Crippen molar-refractivity contribution < 1.29 is 19.0 Å². The number of morpholine rings is 1. The molecule has 2 atom stereocenters. The summed E-state index contributed by atoms with van der Waals surface area (Å²) in [5.41, 5.74) is 2.78. The molecule has 0 aliphatic carbocycles. The van der Waals surface area contributed by atoms with Gasteiger partial charge in [-0.05, 0) is 55.2 Å². The predicted octanol–water partition coefficient (Wildman–Crippen LogP) is 4.99. The van der Waals surface area contributed by atoms with Crippen LogP contribution in [0.25, 0.3) is 6.08 Å². The van der Waals surface area contributed by atoms with Crippen molar-refractivity contribution in [2.24, 2.45) is 5.92 Å². The van der Waals surface area contributed by atoms with Crippen LogP contribution in [0.15, 0.2) is 48.5 Å². The van der Waals surface area contributed by atoms with Gasteiger partial charge in [-0.1, -0.05) is 38.1 Å². The molecule has 3 rings (SSSR count). The summed E-state index contributed by atoms with van der Waals surface area (Å²) in [6.45, 7) is 11.5. The number of para-hydroxylation sites is 1. The van der Waals surface area contributed by atoms with Gasteiger partial charge in [0.05, 0.1) is 25.9 Å². The van der Waals surface area contributed by atoms with E-state index >= 15 is 0 Å². The largest absolute Gasteiger partial charge is 0.493 e. The molecule has 6 heteroatoms. The molecule has 2 aromatic carbocycles. The molecule has 1 amide bonds. The molecule has 6 nitrogen and oxygen atoms in total. The van der Waals surface area contributed by atoms with Gasteiger partial charge in [0.1, 0.15) is 0 Å². The van der Waals surface area contributed by atoms with Gasteiger partial charge in [-0.15, -0.1) is 0 Å². The number of nitrogens with one attached hydrogen (secondary N) is 1. The van der Waals surface area contributed by atoms with Crippen LogP contribution >= 0.6 is 0 Å². The van der Waals surface area contributed by atoms with E-state index in [0.717, 1.165) is 36.4 Å². The Morgan fingerprint density at radius 1 is 1.15 bits per heavy atom. The first-order valence-corrected chi connectivity index (χ1v) is 11.6. The van der Waals surface area contributed by atoms with Crippen molar-refractivity contribution in [3.05, 3.63) is 59.7 Å². The summed E-state index contributed by atoms with van der Waals surface area (Å²) in [6.07, 6.45) is 3.73. The fourth-order valence-electron chi connectivity index (χ4n) is 3.94. The van der Waals surface area contributed by atoms with Crippen molar-refractivity contribution in [3.8, 4) is 11.5 Å². The minimum Gasteiger partial charge on any atom is -0.493 e. The maximum absolute atomic E-state index is 12.6. The zero-order valence-electron chi connectivity index (χ0n) is 20.3. The molecule has 1 fully saturated rings. The van der Waals surface area contributed by atoms with Crippen molar-refractivity contribution in [3.63, 3.8) is 0 Å². The minimum absolute atomic E-state index is 0.176. The molecule has 0 aromatic heterocycles. The Bertz CT molecular complexity index is 947.